The first kappa shape index (κ1) is 78.2. The zero-order valence-electron chi connectivity index (χ0n) is 59.5. The van der Waals surface area contributed by atoms with Crippen LogP contribution in [0, 0.1) is 31.6 Å². The Balaban J connectivity index is 0.000000156. The smallest absolute Gasteiger partial charge is 0.323 e. The second-order valence-electron chi connectivity index (χ2n) is 25.5. The molecule has 564 valence electrons. The van der Waals surface area contributed by atoms with Gasteiger partial charge in [0.15, 0.2) is 11.5 Å². The maximum absolute atomic E-state index is 12.3. The van der Waals surface area contributed by atoms with Crippen LogP contribution < -0.4 is 72.1 Å². The van der Waals surface area contributed by atoms with E-state index in [2.05, 4.69) is 53.2 Å². The minimum absolute atomic E-state index is 0.0236. The third kappa shape index (κ3) is 21.6. The molecular formula is C79H84N10O19. The molecular weight excluding hydrogens is 1390 g/mol. The van der Waals surface area contributed by atoms with Gasteiger partial charge in [-0.2, -0.15) is 0 Å². The van der Waals surface area contributed by atoms with E-state index in [0.717, 1.165) is 88.9 Å². The third-order valence-corrected chi connectivity index (χ3v) is 17.6. The predicted molar refractivity (Wildman–Crippen MR) is 411 cm³/mol. The van der Waals surface area contributed by atoms with Crippen LogP contribution in [0.4, 0.5) is 75.2 Å². The van der Waals surface area contributed by atoms with Gasteiger partial charge < -0.3 is 123 Å². The number of anilines is 9. The van der Waals surface area contributed by atoms with Crippen LogP contribution in [0.3, 0.4) is 0 Å². The number of urea groups is 5. The first-order valence-electron chi connectivity index (χ1n) is 33.7. The van der Waals surface area contributed by atoms with E-state index in [4.69, 9.17) is 24.1 Å². The van der Waals surface area contributed by atoms with E-state index >= 15 is 0 Å². The van der Waals surface area contributed by atoms with Gasteiger partial charge in [-0.25, -0.2) is 24.0 Å². The van der Waals surface area contributed by atoms with Gasteiger partial charge in [-0.15, -0.1) is 0 Å². The fourth-order valence-corrected chi connectivity index (χ4v) is 13.1. The number of methoxy groups -OCH3 is 4. The normalized spacial score (nSPS) is 15.2. The number of phenolic OH excluding ortho intramolecular Hbond substituents is 10. The summed E-state index contributed by atoms with van der Waals surface area (Å²) >= 11 is 0. The van der Waals surface area contributed by atoms with Crippen molar-refractivity contribution in [1.82, 2.24) is 5.32 Å². The highest BCUT2D eigenvalue weighted by Crippen LogP contribution is 2.56. The summed E-state index contributed by atoms with van der Waals surface area (Å²) in [4.78, 5) is 60.2. The van der Waals surface area contributed by atoms with Gasteiger partial charge in [-0.1, -0.05) is 60.7 Å². The van der Waals surface area contributed by atoms with Crippen molar-refractivity contribution in [2.24, 2.45) is 17.8 Å². The zero-order valence-corrected chi connectivity index (χ0v) is 59.5. The van der Waals surface area contributed by atoms with Crippen molar-refractivity contribution in [3.63, 3.8) is 0 Å². The summed E-state index contributed by atoms with van der Waals surface area (Å²) in [6.07, 6.45) is 7.28. The minimum Gasteiger partial charge on any atom is -0.508 e. The molecule has 29 heteroatoms. The van der Waals surface area contributed by atoms with E-state index in [-0.39, 0.29) is 91.8 Å². The molecule has 29 nitrogen and oxygen atoms in total. The Bertz CT molecular complexity index is 4800. The van der Waals surface area contributed by atoms with E-state index in [1.165, 1.54) is 114 Å². The van der Waals surface area contributed by atoms with Gasteiger partial charge in [0.25, 0.3) is 0 Å². The minimum atomic E-state index is -0.592. The summed E-state index contributed by atoms with van der Waals surface area (Å²) in [5.41, 5.74) is 5.34. The summed E-state index contributed by atoms with van der Waals surface area (Å²) in [6, 6.07) is 46.6. The molecule has 0 spiro atoms. The zero-order chi connectivity index (χ0) is 77.8. The number of nitrogens with one attached hydrogen (secondary N) is 10. The maximum atomic E-state index is 12.3. The lowest BCUT2D eigenvalue weighted by molar-refractivity contribution is -0.0127. The summed E-state index contributed by atoms with van der Waals surface area (Å²) in [7, 11) is 5.95. The highest BCUT2D eigenvalue weighted by molar-refractivity contribution is 6.07. The molecule has 10 amide bonds. The number of carbonyl (C=O) groups excluding carboxylic acids is 5. The second-order valence-corrected chi connectivity index (χ2v) is 25.5. The number of aryl methyl sites for hydroxylation is 2. The highest BCUT2D eigenvalue weighted by Gasteiger charge is 2.51. The molecule has 0 atom stereocenters. The van der Waals surface area contributed by atoms with E-state index in [0.29, 0.717) is 45.7 Å². The quantitative estimate of drug-likeness (QED) is 0.0355. The van der Waals surface area contributed by atoms with Gasteiger partial charge in [0.05, 0.1) is 68.3 Å². The van der Waals surface area contributed by atoms with Gasteiger partial charge in [0.1, 0.15) is 63.2 Å². The fraction of sp³-hybridized carbons (Fsp3) is 0.203. The number of amides is 10. The van der Waals surface area contributed by atoms with Gasteiger partial charge in [-0.05, 0) is 166 Å². The fourth-order valence-electron chi connectivity index (χ4n) is 13.1. The largest absolute Gasteiger partial charge is 0.508 e. The lowest BCUT2D eigenvalue weighted by Crippen LogP contribution is -2.60. The number of fused-ring (bicyclic) bond motifs is 1. The lowest BCUT2D eigenvalue weighted by atomic mass is 9.53. The summed E-state index contributed by atoms with van der Waals surface area (Å²) in [5.74, 6) is 2.78. The molecule has 20 N–H and O–H groups in total. The van der Waals surface area contributed by atoms with Crippen LogP contribution in [0.5, 0.6) is 80.5 Å². The van der Waals surface area contributed by atoms with E-state index < -0.39 is 24.1 Å². The number of para-hydroxylation sites is 1. The number of ether oxygens (including phenoxy) is 4. The topological polar surface area (TPSA) is 445 Å². The van der Waals surface area contributed by atoms with Crippen molar-refractivity contribution in [2.45, 2.75) is 57.9 Å². The molecule has 4 bridgehead atoms. The number of benzene rings is 10. The summed E-state index contributed by atoms with van der Waals surface area (Å²) in [6.45, 7) is 3.81. The predicted octanol–water partition coefficient (Wildman–Crippen LogP) is 16.0. The standard InChI is InChI=1S/C17H22N2O3.C17H14N2O3.C16H18N2O6.C15H16N2O3.C14H14N2O4/c20-13-1-2-14(15(21)6-13)18-16(22)19-17-7-10-3-11(8-17)5-12(4-10)9-17;20-12-8-9-15(16(21)10-12)19-17(22)18-14-7-3-5-11-4-1-2-6-13(11)14;1-22-13-6-9(7-14(23-2)15(13)24-3)17-16(21)18-11-5-4-10(19)8-12(11)20;1-9-4-3-5-10(2)14(9)17-15(20)16-12-7-6-11(18)8-13(12)19;1-20-11-4-2-3-9(7-11)15-14(19)16-12-6-5-10(17)8-13(12)18/h1-2,6,10-12,20-21H,3-5,7-9H2,(H2,18,19,22);1-10,20-21H,(H2,18,19,22);4-8,19-20H,1-3H3,(H2,17,18,21);3-8,18-19H,1-2H3,(H2,16,17,20);2-8,17-18H,1H3,(H2,15,16,19). The molecule has 0 aliphatic heterocycles. The molecule has 4 aliphatic carbocycles. The van der Waals surface area contributed by atoms with Crippen LogP contribution in [-0.2, 0) is 0 Å². The van der Waals surface area contributed by atoms with E-state index in [9.17, 15) is 69.9 Å². The number of aromatic hydroxyl groups is 10. The third-order valence-electron chi connectivity index (χ3n) is 17.6. The Morgan fingerprint density at radius 2 is 0.704 bits per heavy atom. The molecule has 4 fully saturated rings. The molecule has 108 heavy (non-hydrogen) atoms. The maximum Gasteiger partial charge on any atom is 0.323 e. The van der Waals surface area contributed by atoms with Crippen LogP contribution in [-0.4, -0.2) is 115 Å². The molecule has 10 aromatic rings. The molecule has 0 saturated heterocycles. The van der Waals surface area contributed by atoms with Crippen molar-refractivity contribution in [3.05, 3.63) is 199 Å². The van der Waals surface area contributed by atoms with Gasteiger partial charge >= 0.3 is 30.2 Å². The van der Waals surface area contributed by atoms with Crippen molar-refractivity contribution in [1.29, 1.82) is 0 Å². The Kier molecular flexibility index (Phi) is 26.0. The Hall–Kier alpha value is -14.0. The number of hydrogen-bond donors (Lipinski definition) is 20. The highest BCUT2D eigenvalue weighted by atomic mass is 16.5. The molecule has 0 aromatic heterocycles. The molecule has 0 radical (unpaired) electrons. The van der Waals surface area contributed by atoms with Gasteiger partial charge in [0.2, 0.25) is 5.75 Å². The van der Waals surface area contributed by atoms with Crippen LogP contribution in [0.15, 0.2) is 188 Å². The number of hydrogen-bond acceptors (Lipinski definition) is 19. The SMILES string of the molecule is COc1cc(NC(=O)Nc2ccc(O)cc2O)cc(OC)c1OC.COc1cccc(NC(=O)Nc2ccc(O)cc2O)c1.Cc1cccc(C)c1NC(=O)Nc1ccc(O)cc1O.O=C(Nc1ccc(O)cc1O)NC12CC3CC(CC(C3)C1)C2.O=C(Nc1ccc(O)cc1O)Nc1cccc2ccccc12. The van der Waals surface area contributed by atoms with E-state index in [1.807, 2.05) is 68.4 Å². The van der Waals surface area contributed by atoms with Crippen molar-refractivity contribution in [2.75, 3.05) is 76.3 Å². The first-order valence-corrected chi connectivity index (χ1v) is 33.7. The first-order chi connectivity index (χ1) is 51.7. The monoisotopic (exact) mass is 1480 g/mol. The average molecular weight is 1480 g/mol. The number of rotatable bonds is 14. The Labute approximate surface area is 620 Å². The Morgan fingerprint density at radius 3 is 1.11 bits per heavy atom. The van der Waals surface area contributed by atoms with Crippen molar-refractivity contribution in [3.8, 4) is 80.5 Å². The molecule has 0 heterocycles. The molecule has 4 aliphatic rings. The summed E-state index contributed by atoms with van der Waals surface area (Å²) in [5, 5.41) is 123. The molecule has 14 rings (SSSR count). The summed E-state index contributed by atoms with van der Waals surface area (Å²) < 4.78 is 20.7. The van der Waals surface area contributed by atoms with Crippen LogP contribution in [0.2, 0.25) is 0 Å². The van der Waals surface area contributed by atoms with Gasteiger partial charge in [-0.3, -0.25) is 0 Å². The van der Waals surface area contributed by atoms with Gasteiger partial charge in [0, 0.05) is 70.8 Å². The van der Waals surface area contributed by atoms with Crippen LogP contribution in [0.25, 0.3) is 10.8 Å². The second kappa shape index (κ2) is 35.9. The van der Waals surface area contributed by atoms with Crippen molar-refractivity contribution < 1.29 is 94.0 Å². The molecule has 4 saturated carbocycles. The number of phenols is 10. The van der Waals surface area contributed by atoms with Crippen LogP contribution >= 0.6 is 0 Å². The average Bonchev–Trinajstić information content (AvgIpc) is 0.748. The number of carbonyl (C=O) groups is 5. The molecule has 0 unspecified atom stereocenters. The lowest BCUT2D eigenvalue weighted by Gasteiger charge is -2.56. The van der Waals surface area contributed by atoms with Crippen molar-refractivity contribution >= 4 is 92.1 Å². The molecule has 10 aromatic carbocycles. The Morgan fingerprint density at radius 1 is 0.343 bits per heavy atom. The van der Waals surface area contributed by atoms with Crippen LogP contribution in [0.1, 0.15) is 49.7 Å². The van der Waals surface area contributed by atoms with E-state index in [1.54, 1.807) is 42.5 Å².